The molecule has 0 radical (unpaired) electrons. The highest BCUT2D eigenvalue weighted by Gasteiger charge is 2.07. The van der Waals surface area contributed by atoms with Gasteiger partial charge < -0.3 is 15.1 Å². The Morgan fingerprint density at radius 3 is 2.67 bits per heavy atom. The van der Waals surface area contributed by atoms with Crippen LogP contribution in [0.3, 0.4) is 0 Å². The van der Waals surface area contributed by atoms with Gasteiger partial charge in [-0.05, 0) is 31.0 Å². The molecule has 18 heavy (non-hydrogen) atoms. The van der Waals surface area contributed by atoms with Gasteiger partial charge in [-0.2, -0.15) is 0 Å². The number of hydrogen-bond donors (Lipinski definition) is 3. The van der Waals surface area contributed by atoms with E-state index in [1.54, 1.807) is 18.2 Å². The molecule has 0 amide bonds. The van der Waals surface area contributed by atoms with E-state index in [0.29, 0.717) is 23.0 Å². The zero-order valence-electron chi connectivity index (χ0n) is 10.0. The van der Waals surface area contributed by atoms with Gasteiger partial charge >= 0.3 is 5.69 Å². The van der Waals surface area contributed by atoms with Crippen molar-refractivity contribution in [2.45, 2.75) is 25.7 Å². The molecule has 5 nitrogen and oxygen atoms in total. The Kier molecular flexibility index (Phi) is 3.94. The molecule has 0 saturated heterocycles. The van der Waals surface area contributed by atoms with Crippen LogP contribution in [-0.2, 0) is 0 Å². The van der Waals surface area contributed by atoms with Crippen molar-refractivity contribution in [1.82, 2.24) is 9.97 Å². The molecule has 5 heteroatoms. The highest BCUT2D eigenvalue weighted by molar-refractivity contribution is 5.98. The van der Waals surface area contributed by atoms with Gasteiger partial charge in [0.1, 0.15) is 0 Å². The van der Waals surface area contributed by atoms with Crippen LogP contribution in [-0.4, -0.2) is 27.5 Å². The standard InChI is InChI=1S/C13H16N2O3/c16-7-3-1-2-4-12(17)9-5-6-10-11(8-9)15-13(18)14-10/h5-6,8,16H,1-4,7H2,(H2,14,15,18). The summed E-state index contributed by atoms with van der Waals surface area (Å²) in [6.45, 7) is 0.171. The predicted octanol–water partition coefficient (Wildman–Crippen LogP) is 1.59. The highest BCUT2D eigenvalue weighted by Crippen LogP contribution is 2.13. The third-order valence-electron chi connectivity index (χ3n) is 2.90. The van der Waals surface area contributed by atoms with E-state index in [9.17, 15) is 9.59 Å². The van der Waals surface area contributed by atoms with Gasteiger partial charge in [-0.1, -0.05) is 6.42 Å². The zero-order valence-corrected chi connectivity index (χ0v) is 10.0. The molecule has 0 aliphatic heterocycles. The molecule has 96 valence electrons. The topological polar surface area (TPSA) is 85.9 Å². The lowest BCUT2D eigenvalue weighted by Gasteiger charge is -2.01. The number of nitrogens with one attached hydrogen (secondary N) is 2. The lowest BCUT2D eigenvalue weighted by molar-refractivity contribution is 0.0978. The van der Waals surface area contributed by atoms with Crippen LogP contribution in [0.5, 0.6) is 0 Å². The molecular weight excluding hydrogens is 232 g/mol. The van der Waals surface area contributed by atoms with E-state index in [-0.39, 0.29) is 18.1 Å². The quantitative estimate of drug-likeness (QED) is 0.536. The summed E-state index contributed by atoms with van der Waals surface area (Å²) >= 11 is 0. The van der Waals surface area contributed by atoms with Crippen molar-refractivity contribution in [1.29, 1.82) is 0 Å². The van der Waals surface area contributed by atoms with Crippen LogP contribution < -0.4 is 5.69 Å². The number of hydrogen-bond acceptors (Lipinski definition) is 3. The van der Waals surface area contributed by atoms with Crippen molar-refractivity contribution in [2.24, 2.45) is 0 Å². The number of rotatable bonds is 6. The van der Waals surface area contributed by atoms with Crippen molar-refractivity contribution in [3.63, 3.8) is 0 Å². The van der Waals surface area contributed by atoms with E-state index in [0.717, 1.165) is 19.3 Å². The molecule has 2 rings (SSSR count). The number of Topliss-reactive ketones (excluding diaryl/α,β-unsaturated/α-hetero) is 1. The Morgan fingerprint density at radius 2 is 1.89 bits per heavy atom. The number of unbranched alkanes of at least 4 members (excludes halogenated alkanes) is 2. The summed E-state index contributed by atoms with van der Waals surface area (Å²) in [5.74, 6) is 0.0666. The van der Waals surface area contributed by atoms with Gasteiger partial charge in [-0.3, -0.25) is 4.79 Å². The lowest BCUT2D eigenvalue weighted by Crippen LogP contribution is -1.99. The molecule has 0 unspecified atom stereocenters. The second kappa shape index (κ2) is 5.64. The van der Waals surface area contributed by atoms with Gasteiger partial charge in [0.2, 0.25) is 0 Å². The number of carbonyl (C=O) groups excluding carboxylic acids is 1. The number of benzene rings is 1. The van der Waals surface area contributed by atoms with Crippen LogP contribution in [0.2, 0.25) is 0 Å². The SMILES string of the molecule is O=C(CCCCCO)c1ccc2[nH]c(=O)[nH]c2c1. The molecule has 2 aromatic rings. The Morgan fingerprint density at radius 1 is 1.11 bits per heavy atom. The summed E-state index contributed by atoms with van der Waals surface area (Å²) in [5.41, 5.74) is 1.71. The third-order valence-corrected chi connectivity index (χ3v) is 2.90. The van der Waals surface area contributed by atoms with Crippen molar-refractivity contribution < 1.29 is 9.90 Å². The molecule has 1 aromatic heterocycles. The van der Waals surface area contributed by atoms with Crippen molar-refractivity contribution in [3.05, 3.63) is 34.2 Å². The number of imidazole rings is 1. The summed E-state index contributed by atoms with van der Waals surface area (Å²) in [6.07, 6.45) is 2.84. The van der Waals surface area contributed by atoms with Crippen LogP contribution in [0.15, 0.2) is 23.0 Å². The summed E-state index contributed by atoms with van der Waals surface area (Å²) < 4.78 is 0. The molecule has 0 fully saturated rings. The molecule has 3 N–H and O–H groups in total. The molecule has 1 heterocycles. The minimum Gasteiger partial charge on any atom is -0.396 e. The molecular formula is C13H16N2O3. The van der Waals surface area contributed by atoms with Gasteiger partial charge in [0.25, 0.3) is 0 Å². The first-order chi connectivity index (χ1) is 8.70. The van der Waals surface area contributed by atoms with Crippen molar-refractivity contribution in [3.8, 4) is 0 Å². The van der Waals surface area contributed by atoms with Gasteiger partial charge in [0.05, 0.1) is 11.0 Å². The van der Waals surface area contributed by atoms with Crippen molar-refractivity contribution in [2.75, 3.05) is 6.61 Å². The first-order valence-corrected chi connectivity index (χ1v) is 6.07. The van der Waals surface area contributed by atoms with Gasteiger partial charge in [-0.25, -0.2) is 4.79 Å². The van der Waals surface area contributed by atoms with Gasteiger partial charge in [0, 0.05) is 18.6 Å². The van der Waals surface area contributed by atoms with Gasteiger partial charge in [-0.15, -0.1) is 0 Å². The smallest absolute Gasteiger partial charge is 0.323 e. The number of aliphatic hydroxyl groups is 1. The maximum absolute atomic E-state index is 11.9. The molecule has 0 aliphatic carbocycles. The highest BCUT2D eigenvalue weighted by atomic mass is 16.2. The third kappa shape index (κ3) is 2.87. The first-order valence-electron chi connectivity index (χ1n) is 6.07. The van der Waals surface area contributed by atoms with E-state index in [2.05, 4.69) is 9.97 Å². The average molecular weight is 248 g/mol. The van der Waals surface area contributed by atoms with E-state index in [1.165, 1.54) is 0 Å². The molecule has 0 saturated carbocycles. The molecule has 1 aromatic carbocycles. The van der Waals surface area contributed by atoms with Crippen molar-refractivity contribution >= 4 is 16.8 Å². The number of H-pyrrole nitrogens is 2. The second-order valence-electron chi connectivity index (χ2n) is 4.30. The molecule has 0 atom stereocenters. The minimum absolute atomic E-state index is 0.0666. The zero-order chi connectivity index (χ0) is 13.0. The predicted molar refractivity (Wildman–Crippen MR) is 68.8 cm³/mol. The van der Waals surface area contributed by atoms with E-state index in [1.807, 2.05) is 0 Å². The summed E-state index contributed by atoms with van der Waals surface area (Å²) in [5, 5.41) is 8.65. The fourth-order valence-corrected chi connectivity index (χ4v) is 1.92. The number of aromatic nitrogens is 2. The summed E-state index contributed by atoms with van der Waals surface area (Å²) in [7, 11) is 0. The van der Waals surface area contributed by atoms with Crippen LogP contribution in [0.4, 0.5) is 0 Å². The molecule has 0 aliphatic rings. The number of aliphatic hydroxyl groups excluding tert-OH is 1. The number of aromatic amines is 2. The Hall–Kier alpha value is -1.88. The maximum atomic E-state index is 11.9. The monoisotopic (exact) mass is 248 g/mol. The summed E-state index contributed by atoms with van der Waals surface area (Å²) in [6, 6.07) is 5.15. The minimum atomic E-state index is -0.266. The van der Waals surface area contributed by atoms with Crippen LogP contribution in [0.1, 0.15) is 36.0 Å². The largest absolute Gasteiger partial charge is 0.396 e. The fraction of sp³-hybridized carbons (Fsp3) is 0.385. The Balaban J connectivity index is 2.05. The molecule has 0 bridgehead atoms. The Bertz CT molecular complexity index is 598. The Labute approximate surface area is 104 Å². The number of ketones is 1. The second-order valence-corrected chi connectivity index (χ2v) is 4.30. The maximum Gasteiger partial charge on any atom is 0.323 e. The van der Waals surface area contributed by atoms with E-state index < -0.39 is 0 Å². The van der Waals surface area contributed by atoms with Crippen LogP contribution in [0, 0.1) is 0 Å². The molecule has 0 spiro atoms. The summed E-state index contributed by atoms with van der Waals surface area (Å²) in [4.78, 5) is 28.3. The fourth-order valence-electron chi connectivity index (χ4n) is 1.92. The first kappa shape index (κ1) is 12.6. The van der Waals surface area contributed by atoms with Crippen LogP contribution >= 0.6 is 0 Å². The lowest BCUT2D eigenvalue weighted by atomic mass is 10.0. The van der Waals surface area contributed by atoms with Crippen LogP contribution in [0.25, 0.3) is 11.0 Å². The van der Waals surface area contributed by atoms with E-state index >= 15 is 0 Å². The van der Waals surface area contributed by atoms with Gasteiger partial charge in [0.15, 0.2) is 5.78 Å². The number of fused-ring (bicyclic) bond motifs is 1. The number of carbonyl (C=O) groups is 1. The average Bonchev–Trinajstić information content (AvgIpc) is 2.73. The van der Waals surface area contributed by atoms with E-state index in [4.69, 9.17) is 5.11 Å². The normalized spacial score (nSPS) is 10.9.